The van der Waals surface area contributed by atoms with Crippen LogP contribution in [0.5, 0.6) is 0 Å². The highest BCUT2D eigenvalue weighted by Gasteiger charge is 2.39. The third-order valence-electron chi connectivity index (χ3n) is 5.12. The Morgan fingerprint density at radius 3 is 2.18 bits per heavy atom. The lowest BCUT2D eigenvalue weighted by atomic mass is 9.83. The summed E-state index contributed by atoms with van der Waals surface area (Å²) in [7, 11) is 2.28. The second-order valence-corrected chi connectivity index (χ2v) is 6.78. The van der Waals surface area contributed by atoms with Gasteiger partial charge >= 0.3 is 0 Å². The van der Waals surface area contributed by atoms with E-state index in [4.69, 9.17) is 5.73 Å². The Labute approximate surface area is 107 Å². The summed E-state index contributed by atoms with van der Waals surface area (Å²) in [6.45, 7) is 5.66. The zero-order valence-electron chi connectivity index (χ0n) is 11.9. The monoisotopic (exact) mass is 238 g/mol. The van der Waals surface area contributed by atoms with E-state index < -0.39 is 0 Å². The third-order valence-corrected chi connectivity index (χ3v) is 5.12. The Morgan fingerprint density at radius 1 is 1.12 bits per heavy atom. The number of nitrogens with two attached hydrogens (primary N) is 1. The van der Waals surface area contributed by atoms with Crippen molar-refractivity contribution in [3.63, 3.8) is 0 Å². The molecule has 0 aromatic heterocycles. The van der Waals surface area contributed by atoms with Gasteiger partial charge in [0.25, 0.3) is 0 Å². The highest BCUT2D eigenvalue weighted by molar-refractivity contribution is 4.97. The molecule has 0 aliphatic heterocycles. The van der Waals surface area contributed by atoms with Crippen LogP contribution >= 0.6 is 0 Å². The van der Waals surface area contributed by atoms with Gasteiger partial charge in [0.15, 0.2) is 0 Å². The van der Waals surface area contributed by atoms with E-state index in [1.54, 1.807) is 0 Å². The smallest absolute Gasteiger partial charge is 0.0283 e. The first-order valence-corrected chi connectivity index (χ1v) is 7.52. The summed E-state index contributed by atoms with van der Waals surface area (Å²) in [5.74, 6) is 1.78. The maximum atomic E-state index is 6.44. The van der Waals surface area contributed by atoms with Crippen LogP contribution in [0.25, 0.3) is 0 Å². The number of hydrogen-bond acceptors (Lipinski definition) is 2. The van der Waals surface area contributed by atoms with Crippen LogP contribution in [0.4, 0.5) is 0 Å². The zero-order valence-corrected chi connectivity index (χ0v) is 11.9. The second kappa shape index (κ2) is 5.27. The molecule has 1 atom stereocenters. The molecule has 0 heterocycles. The minimum Gasteiger partial charge on any atom is -0.324 e. The quantitative estimate of drug-likeness (QED) is 0.798. The van der Waals surface area contributed by atoms with E-state index in [0.29, 0.717) is 0 Å². The first-order valence-electron chi connectivity index (χ1n) is 7.52. The average molecular weight is 238 g/mol. The van der Waals surface area contributed by atoms with Crippen LogP contribution in [-0.4, -0.2) is 30.1 Å². The summed E-state index contributed by atoms with van der Waals surface area (Å²) in [6.07, 6.45) is 9.69. The highest BCUT2D eigenvalue weighted by atomic mass is 15.2. The molecule has 2 heteroatoms. The molecule has 0 amide bonds. The van der Waals surface area contributed by atoms with Gasteiger partial charge in [0, 0.05) is 18.1 Å². The third kappa shape index (κ3) is 3.45. The highest BCUT2D eigenvalue weighted by Crippen LogP contribution is 2.39. The SMILES string of the molecule is CCC1CCC(N(C)CC(C)(N)C2CC2)CC1. The maximum Gasteiger partial charge on any atom is 0.0283 e. The molecule has 0 radical (unpaired) electrons. The molecular weight excluding hydrogens is 208 g/mol. The topological polar surface area (TPSA) is 29.3 Å². The molecule has 2 rings (SSSR count). The Morgan fingerprint density at radius 2 is 1.71 bits per heavy atom. The molecule has 100 valence electrons. The van der Waals surface area contributed by atoms with Crippen LogP contribution in [0, 0.1) is 11.8 Å². The van der Waals surface area contributed by atoms with Crippen molar-refractivity contribution in [1.29, 1.82) is 0 Å². The summed E-state index contributed by atoms with van der Waals surface area (Å²) in [6, 6.07) is 0.791. The van der Waals surface area contributed by atoms with Gasteiger partial charge in [-0.3, -0.25) is 0 Å². The Bertz CT molecular complexity index is 237. The van der Waals surface area contributed by atoms with E-state index in [0.717, 1.165) is 24.4 Å². The van der Waals surface area contributed by atoms with E-state index in [1.807, 2.05) is 0 Å². The van der Waals surface area contributed by atoms with Crippen LogP contribution < -0.4 is 5.73 Å². The van der Waals surface area contributed by atoms with Crippen molar-refractivity contribution < 1.29 is 0 Å². The summed E-state index contributed by atoms with van der Waals surface area (Å²) in [4.78, 5) is 2.55. The van der Waals surface area contributed by atoms with Crippen LogP contribution in [0.15, 0.2) is 0 Å². The molecule has 0 aromatic rings. The molecule has 17 heavy (non-hydrogen) atoms. The van der Waals surface area contributed by atoms with Gasteiger partial charge in [0.1, 0.15) is 0 Å². The average Bonchev–Trinajstić information content (AvgIpc) is 3.12. The van der Waals surface area contributed by atoms with Gasteiger partial charge in [0.2, 0.25) is 0 Å². The molecule has 0 spiro atoms. The first-order chi connectivity index (χ1) is 8.03. The standard InChI is InChI=1S/C15H30N2/c1-4-12-5-9-14(10-6-12)17(3)11-15(2,16)13-7-8-13/h12-14H,4-11,16H2,1-3H3. The van der Waals surface area contributed by atoms with Gasteiger partial charge in [-0.15, -0.1) is 0 Å². The van der Waals surface area contributed by atoms with Gasteiger partial charge in [-0.25, -0.2) is 0 Å². The van der Waals surface area contributed by atoms with Crippen molar-refractivity contribution in [3.8, 4) is 0 Å². The van der Waals surface area contributed by atoms with Crippen molar-refractivity contribution in [2.45, 2.75) is 70.4 Å². The molecular formula is C15H30N2. The Balaban J connectivity index is 1.78. The molecule has 2 aliphatic rings. The maximum absolute atomic E-state index is 6.44. The van der Waals surface area contributed by atoms with E-state index in [-0.39, 0.29) is 5.54 Å². The fraction of sp³-hybridized carbons (Fsp3) is 1.00. The molecule has 2 saturated carbocycles. The van der Waals surface area contributed by atoms with Crippen molar-refractivity contribution in [2.24, 2.45) is 17.6 Å². The zero-order chi connectivity index (χ0) is 12.5. The number of likely N-dealkylation sites (N-methyl/N-ethyl adjacent to an activating group) is 1. The molecule has 2 fully saturated rings. The molecule has 0 aromatic carbocycles. The summed E-state index contributed by atoms with van der Waals surface area (Å²) < 4.78 is 0. The molecule has 2 nitrogen and oxygen atoms in total. The van der Waals surface area contributed by atoms with Gasteiger partial charge in [-0.05, 0) is 64.3 Å². The largest absolute Gasteiger partial charge is 0.324 e. The van der Waals surface area contributed by atoms with E-state index in [1.165, 1.54) is 44.9 Å². The van der Waals surface area contributed by atoms with Gasteiger partial charge in [-0.1, -0.05) is 13.3 Å². The van der Waals surface area contributed by atoms with Crippen LogP contribution in [-0.2, 0) is 0 Å². The normalized spacial score (nSPS) is 33.7. The van der Waals surface area contributed by atoms with Crippen molar-refractivity contribution >= 4 is 0 Å². The van der Waals surface area contributed by atoms with Crippen molar-refractivity contribution in [2.75, 3.05) is 13.6 Å². The van der Waals surface area contributed by atoms with Gasteiger partial charge in [0.05, 0.1) is 0 Å². The minimum atomic E-state index is 0.0519. The molecule has 2 aliphatic carbocycles. The minimum absolute atomic E-state index is 0.0519. The Kier molecular flexibility index (Phi) is 4.14. The fourth-order valence-corrected chi connectivity index (χ4v) is 3.53. The number of rotatable bonds is 5. The van der Waals surface area contributed by atoms with Crippen molar-refractivity contribution in [3.05, 3.63) is 0 Å². The molecule has 0 saturated heterocycles. The van der Waals surface area contributed by atoms with E-state index >= 15 is 0 Å². The van der Waals surface area contributed by atoms with Gasteiger partial charge < -0.3 is 10.6 Å². The fourth-order valence-electron chi connectivity index (χ4n) is 3.53. The molecule has 0 bridgehead atoms. The predicted molar refractivity (Wildman–Crippen MR) is 74.0 cm³/mol. The van der Waals surface area contributed by atoms with Crippen LogP contribution in [0.1, 0.15) is 58.8 Å². The lowest BCUT2D eigenvalue weighted by Gasteiger charge is -2.38. The lowest BCUT2D eigenvalue weighted by molar-refractivity contribution is 0.132. The van der Waals surface area contributed by atoms with E-state index in [9.17, 15) is 0 Å². The van der Waals surface area contributed by atoms with Crippen molar-refractivity contribution in [1.82, 2.24) is 4.90 Å². The number of hydrogen-bond donors (Lipinski definition) is 1. The summed E-state index contributed by atoms with van der Waals surface area (Å²) >= 11 is 0. The van der Waals surface area contributed by atoms with Gasteiger partial charge in [-0.2, -0.15) is 0 Å². The van der Waals surface area contributed by atoms with Crippen LogP contribution in [0.3, 0.4) is 0 Å². The van der Waals surface area contributed by atoms with Crippen LogP contribution in [0.2, 0.25) is 0 Å². The summed E-state index contributed by atoms with van der Waals surface area (Å²) in [5, 5.41) is 0. The second-order valence-electron chi connectivity index (χ2n) is 6.78. The number of nitrogens with zero attached hydrogens (tertiary/aromatic N) is 1. The Hall–Kier alpha value is -0.0800. The first kappa shape index (κ1) is 13.4. The molecule has 1 unspecified atom stereocenters. The van der Waals surface area contributed by atoms with E-state index in [2.05, 4.69) is 25.8 Å². The summed E-state index contributed by atoms with van der Waals surface area (Å²) in [5.41, 5.74) is 6.49. The predicted octanol–water partition coefficient (Wildman–Crippen LogP) is 3.01. The lowest BCUT2D eigenvalue weighted by Crippen LogP contribution is -2.51. The molecule has 2 N–H and O–H groups in total.